The molecule has 8 nitrogen and oxygen atoms in total. The van der Waals surface area contributed by atoms with Crippen LogP contribution in [0, 0.1) is 0 Å². The summed E-state index contributed by atoms with van der Waals surface area (Å²) in [4.78, 5) is 43.7. The normalized spacial score (nSPS) is 11.9. The molecule has 0 spiro atoms. The maximum Gasteiger partial charge on any atom is 0.316 e. The second-order valence-electron chi connectivity index (χ2n) is 8.14. The molecule has 2 aromatic heterocycles. The van der Waals surface area contributed by atoms with Gasteiger partial charge in [-0.05, 0) is 43.3 Å². The van der Waals surface area contributed by atoms with Gasteiger partial charge in [0.15, 0.2) is 5.58 Å². The molecule has 2 heterocycles. The third-order valence-corrected chi connectivity index (χ3v) is 4.84. The Bertz CT molecular complexity index is 1400. The first kappa shape index (κ1) is 19.6. The number of fused-ring (bicyclic) bond motifs is 2. The molecule has 30 heavy (non-hydrogen) atoms. The molecular formula is C22H22N4O4. The minimum Gasteiger partial charge on any atom is -0.440 e. The number of carbonyl (C=O) groups excluding carboxylic acids is 1. The summed E-state index contributed by atoms with van der Waals surface area (Å²) in [5.74, 6) is 0.285. The van der Waals surface area contributed by atoms with E-state index in [9.17, 15) is 14.4 Å². The number of nitrogens with zero attached hydrogens (tertiary/aromatic N) is 2. The molecular weight excluding hydrogens is 384 g/mol. The van der Waals surface area contributed by atoms with Crippen molar-refractivity contribution in [2.24, 2.45) is 0 Å². The van der Waals surface area contributed by atoms with Gasteiger partial charge in [-0.15, -0.1) is 0 Å². The van der Waals surface area contributed by atoms with E-state index in [1.807, 2.05) is 20.8 Å². The number of carbonyl (C=O) groups is 1. The van der Waals surface area contributed by atoms with Crippen molar-refractivity contribution >= 4 is 33.7 Å². The Kier molecular flexibility index (Phi) is 4.57. The standard InChI is InChI=1S/C22H22N4O4/c1-5-26-16-8-6-12(10-14(16)24-19(28)20(26)29)18(27)23-13-7-9-17-15(11-13)25-21(30-17)22(2,3)4/h6-11H,5H2,1-4H3,(H,23,27)(H,24,28). The summed E-state index contributed by atoms with van der Waals surface area (Å²) in [6.45, 7) is 8.19. The number of aryl methyl sites for hydroxylation is 1. The first-order chi connectivity index (χ1) is 14.2. The second kappa shape index (κ2) is 6.98. The highest BCUT2D eigenvalue weighted by molar-refractivity contribution is 6.06. The molecule has 2 N–H and O–H groups in total. The minimum atomic E-state index is -0.715. The van der Waals surface area contributed by atoms with Gasteiger partial charge in [-0.25, -0.2) is 4.98 Å². The molecule has 0 saturated heterocycles. The number of hydrogen-bond donors (Lipinski definition) is 2. The van der Waals surface area contributed by atoms with Gasteiger partial charge in [-0.3, -0.25) is 14.4 Å². The van der Waals surface area contributed by atoms with Crippen LogP contribution in [0.2, 0.25) is 0 Å². The van der Waals surface area contributed by atoms with Gasteiger partial charge in [-0.1, -0.05) is 20.8 Å². The third kappa shape index (κ3) is 3.41. The lowest BCUT2D eigenvalue weighted by Crippen LogP contribution is -2.36. The van der Waals surface area contributed by atoms with Crippen LogP contribution >= 0.6 is 0 Å². The van der Waals surface area contributed by atoms with Gasteiger partial charge in [-0.2, -0.15) is 0 Å². The van der Waals surface area contributed by atoms with Crippen molar-refractivity contribution in [3.8, 4) is 0 Å². The molecule has 0 saturated carbocycles. The van der Waals surface area contributed by atoms with E-state index in [1.54, 1.807) is 43.3 Å². The maximum absolute atomic E-state index is 12.7. The predicted molar refractivity (Wildman–Crippen MR) is 115 cm³/mol. The fraction of sp³-hybridized carbons (Fsp3) is 0.273. The molecule has 0 aliphatic heterocycles. The molecule has 154 valence electrons. The molecule has 0 unspecified atom stereocenters. The number of benzene rings is 2. The van der Waals surface area contributed by atoms with Gasteiger partial charge in [0.25, 0.3) is 5.91 Å². The first-order valence-electron chi connectivity index (χ1n) is 9.66. The number of amides is 1. The average molecular weight is 406 g/mol. The van der Waals surface area contributed by atoms with Crippen molar-refractivity contribution in [3.05, 3.63) is 68.6 Å². The second-order valence-corrected chi connectivity index (χ2v) is 8.14. The van der Waals surface area contributed by atoms with Gasteiger partial charge in [0.2, 0.25) is 5.89 Å². The van der Waals surface area contributed by atoms with E-state index >= 15 is 0 Å². The summed E-state index contributed by atoms with van der Waals surface area (Å²) in [6.07, 6.45) is 0. The molecule has 0 fully saturated rings. The molecule has 0 radical (unpaired) electrons. The largest absolute Gasteiger partial charge is 0.440 e. The van der Waals surface area contributed by atoms with Crippen LogP contribution in [-0.4, -0.2) is 20.4 Å². The summed E-state index contributed by atoms with van der Waals surface area (Å²) < 4.78 is 7.16. The molecule has 0 aliphatic carbocycles. The molecule has 0 aliphatic rings. The number of aromatic nitrogens is 3. The zero-order valence-corrected chi connectivity index (χ0v) is 17.2. The molecule has 4 rings (SSSR count). The minimum absolute atomic E-state index is 0.219. The maximum atomic E-state index is 12.7. The van der Waals surface area contributed by atoms with Gasteiger partial charge >= 0.3 is 11.1 Å². The van der Waals surface area contributed by atoms with Crippen molar-refractivity contribution in [1.29, 1.82) is 0 Å². The van der Waals surface area contributed by atoms with Crippen LogP contribution in [0.3, 0.4) is 0 Å². The van der Waals surface area contributed by atoms with E-state index in [0.29, 0.717) is 45.8 Å². The Morgan fingerprint density at radius 2 is 1.93 bits per heavy atom. The quantitative estimate of drug-likeness (QED) is 0.507. The Labute approximate surface area is 171 Å². The number of oxazole rings is 1. The highest BCUT2D eigenvalue weighted by atomic mass is 16.3. The van der Waals surface area contributed by atoms with E-state index in [2.05, 4.69) is 15.3 Å². The van der Waals surface area contributed by atoms with E-state index in [4.69, 9.17) is 4.42 Å². The Hall–Kier alpha value is -3.68. The lowest BCUT2D eigenvalue weighted by molar-refractivity contribution is 0.102. The van der Waals surface area contributed by atoms with E-state index in [0.717, 1.165) is 0 Å². The van der Waals surface area contributed by atoms with Gasteiger partial charge in [0.1, 0.15) is 5.52 Å². The van der Waals surface area contributed by atoms with Gasteiger partial charge in [0.05, 0.1) is 11.0 Å². The van der Waals surface area contributed by atoms with Crippen molar-refractivity contribution in [3.63, 3.8) is 0 Å². The van der Waals surface area contributed by atoms with Crippen molar-refractivity contribution in [2.75, 3.05) is 5.32 Å². The summed E-state index contributed by atoms with van der Waals surface area (Å²) in [5, 5.41) is 2.84. The lowest BCUT2D eigenvalue weighted by Gasteiger charge is -2.11. The summed E-state index contributed by atoms with van der Waals surface area (Å²) >= 11 is 0. The van der Waals surface area contributed by atoms with E-state index < -0.39 is 11.1 Å². The number of anilines is 1. The van der Waals surface area contributed by atoms with Gasteiger partial charge in [0, 0.05) is 23.2 Å². The molecule has 2 aromatic carbocycles. The molecule has 8 heteroatoms. The monoisotopic (exact) mass is 406 g/mol. The predicted octanol–water partition coefficient (Wildman–Crippen LogP) is 3.40. The Morgan fingerprint density at radius 1 is 1.17 bits per heavy atom. The summed E-state index contributed by atoms with van der Waals surface area (Å²) in [5.41, 5.74) is 1.69. The smallest absolute Gasteiger partial charge is 0.316 e. The van der Waals surface area contributed by atoms with Crippen molar-refractivity contribution in [2.45, 2.75) is 39.7 Å². The number of nitrogens with one attached hydrogen (secondary N) is 2. The van der Waals surface area contributed by atoms with Crippen LogP contribution in [0.4, 0.5) is 5.69 Å². The van der Waals surface area contributed by atoms with Crippen molar-refractivity contribution in [1.82, 2.24) is 14.5 Å². The molecule has 1 amide bonds. The fourth-order valence-electron chi connectivity index (χ4n) is 3.26. The number of hydrogen-bond acceptors (Lipinski definition) is 5. The SMILES string of the molecule is CCn1c(=O)c(=O)[nH]c2cc(C(=O)Nc3ccc4oc(C(C)(C)C)nc4c3)ccc21. The fourth-order valence-corrected chi connectivity index (χ4v) is 3.26. The lowest BCUT2D eigenvalue weighted by atomic mass is 9.97. The number of rotatable bonds is 3. The third-order valence-electron chi connectivity index (χ3n) is 4.84. The Morgan fingerprint density at radius 3 is 2.63 bits per heavy atom. The highest BCUT2D eigenvalue weighted by Crippen LogP contribution is 2.27. The average Bonchev–Trinajstić information content (AvgIpc) is 3.12. The zero-order chi connectivity index (χ0) is 21.6. The van der Waals surface area contributed by atoms with Gasteiger partial charge < -0.3 is 19.3 Å². The van der Waals surface area contributed by atoms with E-state index in [1.165, 1.54) is 4.57 Å². The summed E-state index contributed by atoms with van der Waals surface area (Å²) in [7, 11) is 0. The first-order valence-corrected chi connectivity index (χ1v) is 9.66. The van der Waals surface area contributed by atoms with Crippen LogP contribution in [0.5, 0.6) is 0 Å². The molecule has 4 aromatic rings. The molecule has 0 atom stereocenters. The summed E-state index contributed by atoms with van der Waals surface area (Å²) in [6, 6.07) is 10.1. The topological polar surface area (TPSA) is 110 Å². The van der Waals surface area contributed by atoms with E-state index in [-0.39, 0.29) is 11.3 Å². The van der Waals surface area contributed by atoms with Crippen molar-refractivity contribution < 1.29 is 9.21 Å². The Balaban J connectivity index is 1.66. The molecule has 0 bridgehead atoms. The van der Waals surface area contributed by atoms with Crippen LogP contribution < -0.4 is 16.4 Å². The highest BCUT2D eigenvalue weighted by Gasteiger charge is 2.21. The van der Waals surface area contributed by atoms with Crippen LogP contribution in [0.25, 0.3) is 22.1 Å². The number of aromatic amines is 1. The number of H-pyrrole nitrogens is 1. The van der Waals surface area contributed by atoms with Crippen LogP contribution in [0.15, 0.2) is 50.4 Å². The zero-order valence-electron chi connectivity index (χ0n) is 17.2. The van der Waals surface area contributed by atoms with Crippen LogP contribution in [-0.2, 0) is 12.0 Å². The van der Waals surface area contributed by atoms with Crippen LogP contribution in [0.1, 0.15) is 43.9 Å².